The Labute approximate surface area is 146 Å². The second kappa shape index (κ2) is 9.15. The van der Waals surface area contributed by atoms with Gasteiger partial charge in [-0.2, -0.15) is 0 Å². The Balaban J connectivity index is 1.71. The number of rotatable bonds is 7. The standard InChI is InChI=1S/C18H21ClN2O3/c1-24-15-8-6-14(7-9-15)17(22)12-21-18(23)20-11-10-13-4-2-3-5-16(13)19/h2-9,17,22H,10-12H2,1H3,(H2,20,21,23). The van der Waals surface area contributed by atoms with Gasteiger partial charge in [-0.3, -0.25) is 0 Å². The number of methoxy groups -OCH3 is 1. The van der Waals surface area contributed by atoms with Crippen LogP contribution >= 0.6 is 11.6 Å². The Bertz CT molecular complexity index is 662. The Morgan fingerprint density at radius 3 is 2.54 bits per heavy atom. The summed E-state index contributed by atoms with van der Waals surface area (Å²) in [6.45, 7) is 0.596. The highest BCUT2D eigenvalue weighted by molar-refractivity contribution is 6.31. The molecule has 6 heteroatoms. The third-order valence-electron chi connectivity index (χ3n) is 3.59. The summed E-state index contributed by atoms with van der Waals surface area (Å²) in [5.74, 6) is 0.719. The van der Waals surface area contributed by atoms with Crippen molar-refractivity contribution in [1.82, 2.24) is 10.6 Å². The number of hydrogen-bond donors (Lipinski definition) is 3. The van der Waals surface area contributed by atoms with E-state index in [4.69, 9.17) is 16.3 Å². The van der Waals surface area contributed by atoms with Gasteiger partial charge in [0.15, 0.2) is 0 Å². The van der Waals surface area contributed by atoms with Crippen LogP contribution in [0.2, 0.25) is 5.02 Å². The van der Waals surface area contributed by atoms with Crippen molar-refractivity contribution in [3.8, 4) is 5.75 Å². The molecular weight excluding hydrogens is 328 g/mol. The number of carbonyl (C=O) groups is 1. The normalized spacial score (nSPS) is 11.6. The maximum atomic E-state index is 11.8. The monoisotopic (exact) mass is 348 g/mol. The highest BCUT2D eigenvalue weighted by Crippen LogP contribution is 2.17. The fraction of sp³-hybridized carbons (Fsp3) is 0.278. The number of ether oxygens (including phenoxy) is 1. The van der Waals surface area contributed by atoms with Gasteiger partial charge in [0.1, 0.15) is 5.75 Å². The summed E-state index contributed by atoms with van der Waals surface area (Å²) in [5.41, 5.74) is 1.70. The Hall–Kier alpha value is -2.24. The van der Waals surface area contributed by atoms with Crippen LogP contribution in [0.15, 0.2) is 48.5 Å². The lowest BCUT2D eigenvalue weighted by atomic mass is 10.1. The van der Waals surface area contributed by atoms with Crippen molar-refractivity contribution < 1.29 is 14.6 Å². The van der Waals surface area contributed by atoms with E-state index in [9.17, 15) is 9.90 Å². The first kappa shape index (κ1) is 18.1. The fourth-order valence-corrected chi connectivity index (χ4v) is 2.44. The van der Waals surface area contributed by atoms with E-state index < -0.39 is 6.10 Å². The number of benzene rings is 2. The molecule has 0 aliphatic rings. The van der Waals surface area contributed by atoms with Crippen LogP contribution in [0.3, 0.4) is 0 Å². The van der Waals surface area contributed by atoms with E-state index in [1.54, 1.807) is 31.4 Å². The van der Waals surface area contributed by atoms with E-state index in [0.717, 1.165) is 11.3 Å². The molecule has 2 aromatic rings. The van der Waals surface area contributed by atoms with E-state index in [1.165, 1.54) is 0 Å². The van der Waals surface area contributed by atoms with Gasteiger partial charge in [0.05, 0.1) is 13.2 Å². The molecule has 0 saturated heterocycles. The average Bonchev–Trinajstić information content (AvgIpc) is 2.61. The van der Waals surface area contributed by atoms with Crippen LogP contribution in [0.5, 0.6) is 5.75 Å². The molecule has 24 heavy (non-hydrogen) atoms. The summed E-state index contributed by atoms with van der Waals surface area (Å²) in [6.07, 6.45) is -0.126. The number of aliphatic hydroxyl groups is 1. The van der Waals surface area contributed by atoms with Crippen LogP contribution in [-0.2, 0) is 6.42 Å². The molecule has 0 saturated carbocycles. The van der Waals surface area contributed by atoms with Crippen molar-refractivity contribution in [2.45, 2.75) is 12.5 Å². The number of carbonyl (C=O) groups excluding carboxylic acids is 1. The van der Waals surface area contributed by atoms with E-state index >= 15 is 0 Å². The Kier molecular flexibility index (Phi) is 6.90. The van der Waals surface area contributed by atoms with Crippen LogP contribution < -0.4 is 15.4 Å². The summed E-state index contributed by atoms with van der Waals surface area (Å²) in [5, 5.41) is 16.2. The van der Waals surface area contributed by atoms with Crippen molar-refractivity contribution in [3.05, 3.63) is 64.7 Å². The van der Waals surface area contributed by atoms with Crippen LogP contribution in [-0.4, -0.2) is 31.3 Å². The molecule has 1 unspecified atom stereocenters. The molecule has 2 aromatic carbocycles. The summed E-state index contributed by atoms with van der Waals surface area (Å²) >= 11 is 6.06. The van der Waals surface area contributed by atoms with Gasteiger partial charge in [-0.25, -0.2) is 4.79 Å². The zero-order valence-corrected chi connectivity index (χ0v) is 14.2. The predicted molar refractivity (Wildman–Crippen MR) is 94.5 cm³/mol. The number of urea groups is 1. The van der Waals surface area contributed by atoms with Gasteiger partial charge in [-0.15, -0.1) is 0 Å². The summed E-state index contributed by atoms with van der Waals surface area (Å²) in [7, 11) is 1.58. The molecule has 0 bridgehead atoms. The van der Waals surface area contributed by atoms with E-state index in [-0.39, 0.29) is 12.6 Å². The van der Waals surface area contributed by atoms with Crippen LogP contribution in [0.4, 0.5) is 4.79 Å². The third kappa shape index (κ3) is 5.44. The summed E-state index contributed by atoms with van der Waals surface area (Å²) < 4.78 is 5.07. The van der Waals surface area contributed by atoms with Gasteiger partial charge in [-0.1, -0.05) is 41.9 Å². The van der Waals surface area contributed by atoms with E-state index in [1.807, 2.05) is 24.3 Å². The second-order valence-electron chi connectivity index (χ2n) is 5.27. The quantitative estimate of drug-likeness (QED) is 0.720. The zero-order valence-electron chi connectivity index (χ0n) is 13.5. The van der Waals surface area contributed by atoms with Crippen LogP contribution in [0.1, 0.15) is 17.2 Å². The largest absolute Gasteiger partial charge is 0.497 e. The highest BCUT2D eigenvalue weighted by Gasteiger charge is 2.09. The van der Waals surface area contributed by atoms with Gasteiger partial charge < -0.3 is 20.5 Å². The van der Waals surface area contributed by atoms with E-state index in [2.05, 4.69) is 10.6 Å². The minimum Gasteiger partial charge on any atom is -0.497 e. The predicted octanol–water partition coefficient (Wildman–Crippen LogP) is 2.92. The molecule has 2 rings (SSSR count). The third-order valence-corrected chi connectivity index (χ3v) is 3.96. The van der Waals surface area contributed by atoms with Gasteiger partial charge >= 0.3 is 6.03 Å². The lowest BCUT2D eigenvalue weighted by molar-refractivity contribution is 0.173. The Morgan fingerprint density at radius 1 is 1.17 bits per heavy atom. The highest BCUT2D eigenvalue weighted by atomic mass is 35.5. The molecule has 0 heterocycles. The number of hydrogen-bond acceptors (Lipinski definition) is 3. The number of aliphatic hydroxyl groups excluding tert-OH is 1. The molecule has 0 aliphatic carbocycles. The van der Waals surface area contributed by atoms with Crippen molar-refractivity contribution in [2.75, 3.05) is 20.2 Å². The number of nitrogens with one attached hydrogen (secondary N) is 2. The molecule has 3 N–H and O–H groups in total. The first-order chi connectivity index (χ1) is 11.6. The fourth-order valence-electron chi connectivity index (χ4n) is 2.21. The van der Waals surface area contributed by atoms with Gasteiger partial charge in [0.2, 0.25) is 0 Å². The zero-order chi connectivity index (χ0) is 17.4. The smallest absolute Gasteiger partial charge is 0.314 e. The van der Waals surface area contributed by atoms with Crippen molar-refractivity contribution >= 4 is 17.6 Å². The first-order valence-corrected chi connectivity index (χ1v) is 8.05. The lowest BCUT2D eigenvalue weighted by Gasteiger charge is -2.13. The van der Waals surface area contributed by atoms with Crippen LogP contribution in [0, 0.1) is 0 Å². The minimum atomic E-state index is -0.773. The lowest BCUT2D eigenvalue weighted by Crippen LogP contribution is -2.38. The molecule has 5 nitrogen and oxygen atoms in total. The molecule has 0 aromatic heterocycles. The maximum absolute atomic E-state index is 11.8. The summed E-state index contributed by atoms with van der Waals surface area (Å²) in [4.78, 5) is 11.8. The van der Waals surface area contributed by atoms with Crippen molar-refractivity contribution in [1.29, 1.82) is 0 Å². The van der Waals surface area contributed by atoms with Gasteiger partial charge in [0, 0.05) is 18.1 Å². The first-order valence-electron chi connectivity index (χ1n) is 7.67. The van der Waals surface area contributed by atoms with Gasteiger partial charge in [-0.05, 0) is 35.7 Å². The van der Waals surface area contributed by atoms with E-state index in [0.29, 0.717) is 23.6 Å². The molecule has 0 fully saturated rings. The van der Waals surface area contributed by atoms with Crippen LogP contribution in [0.25, 0.3) is 0 Å². The molecule has 0 spiro atoms. The topological polar surface area (TPSA) is 70.6 Å². The number of amides is 2. The SMILES string of the molecule is COc1ccc(C(O)CNC(=O)NCCc2ccccc2Cl)cc1. The molecule has 0 radical (unpaired) electrons. The van der Waals surface area contributed by atoms with Crippen molar-refractivity contribution in [2.24, 2.45) is 0 Å². The minimum absolute atomic E-state index is 0.129. The number of halogens is 1. The average molecular weight is 349 g/mol. The maximum Gasteiger partial charge on any atom is 0.314 e. The molecule has 1 atom stereocenters. The molecule has 2 amide bonds. The second-order valence-corrected chi connectivity index (χ2v) is 5.67. The molecular formula is C18H21ClN2O3. The molecule has 128 valence electrons. The summed E-state index contributed by atoms with van der Waals surface area (Å²) in [6, 6.07) is 14.3. The Morgan fingerprint density at radius 2 is 1.88 bits per heavy atom. The van der Waals surface area contributed by atoms with Crippen molar-refractivity contribution in [3.63, 3.8) is 0 Å². The van der Waals surface area contributed by atoms with Gasteiger partial charge in [0.25, 0.3) is 0 Å². The molecule has 0 aliphatic heterocycles.